The topological polar surface area (TPSA) is 103 Å². The smallest absolute Gasteiger partial charge is 0.339 e. The largest absolute Gasteiger partial charge is 0.378 e. The van der Waals surface area contributed by atoms with Crippen LogP contribution in [0.3, 0.4) is 0 Å². The van der Waals surface area contributed by atoms with Gasteiger partial charge in [0, 0.05) is 12.6 Å². The summed E-state index contributed by atoms with van der Waals surface area (Å²) in [6.07, 6.45) is 2.62. The number of para-hydroxylation sites is 1. The molecule has 0 spiro atoms. The Morgan fingerprint density at radius 3 is 2.54 bits per heavy atom. The van der Waals surface area contributed by atoms with Crippen LogP contribution in [0.1, 0.15) is 16.1 Å². The summed E-state index contributed by atoms with van der Waals surface area (Å²) in [5.41, 5.74) is 2.82. The maximum atomic E-state index is 12.4. The molecule has 1 heterocycles. The number of aromatic nitrogens is 2. The minimum Gasteiger partial charge on any atom is -0.378 e. The fourth-order valence-corrected chi connectivity index (χ4v) is 3.52. The molecule has 0 aliphatic rings. The highest BCUT2D eigenvalue weighted by Crippen LogP contribution is 2.21. The number of halogens is 1. The first-order valence-corrected chi connectivity index (χ1v) is 9.76. The van der Waals surface area contributed by atoms with Gasteiger partial charge in [-0.2, -0.15) is 18.6 Å². The van der Waals surface area contributed by atoms with Crippen LogP contribution >= 0.6 is 11.6 Å². The molecule has 0 saturated heterocycles. The van der Waals surface area contributed by atoms with Crippen LogP contribution in [-0.4, -0.2) is 30.3 Å². The number of carbonyl (C=O) groups excluding carboxylic acids is 1. The lowest BCUT2D eigenvalue weighted by molar-refractivity contribution is 0.0946. The van der Waals surface area contributed by atoms with Crippen LogP contribution in [0, 0.1) is 0 Å². The van der Waals surface area contributed by atoms with Crippen molar-refractivity contribution in [1.82, 2.24) is 15.2 Å². The molecule has 0 aliphatic carbocycles. The number of nitrogens with zero attached hydrogens (tertiary/aromatic N) is 3. The second-order valence-corrected chi connectivity index (χ2v) is 7.51. The lowest BCUT2D eigenvalue weighted by Gasteiger charge is -2.09. The van der Waals surface area contributed by atoms with Crippen LogP contribution in [0.4, 0.5) is 0 Å². The third-order valence-electron chi connectivity index (χ3n) is 3.63. The summed E-state index contributed by atoms with van der Waals surface area (Å²) >= 11 is 5.91. The van der Waals surface area contributed by atoms with Crippen LogP contribution in [0.5, 0.6) is 5.75 Å². The predicted molar refractivity (Wildman–Crippen MR) is 104 cm³/mol. The van der Waals surface area contributed by atoms with Crippen molar-refractivity contribution < 1.29 is 17.4 Å². The predicted octanol–water partition coefficient (Wildman–Crippen LogP) is 2.61. The third-order valence-corrected chi connectivity index (χ3v) is 5.15. The minimum absolute atomic E-state index is 0.0286. The lowest BCUT2D eigenvalue weighted by atomic mass is 10.2. The Morgan fingerprint density at radius 1 is 1.18 bits per heavy atom. The highest BCUT2D eigenvalue weighted by atomic mass is 35.5. The van der Waals surface area contributed by atoms with E-state index in [0.717, 1.165) is 0 Å². The number of hydrogen-bond acceptors (Lipinski definition) is 6. The van der Waals surface area contributed by atoms with E-state index in [-0.39, 0.29) is 21.4 Å². The second kappa shape index (κ2) is 8.24. The maximum Gasteiger partial charge on any atom is 0.339 e. The van der Waals surface area contributed by atoms with Gasteiger partial charge < -0.3 is 4.18 Å². The van der Waals surface area contributed by atoms with Gasteiger partial charge in [0.1, 0.15) is 10.6 Å². The molecule has 0 bridgehead atoms. The van der Waals surface area contributed by atoms with E-state index in [2.05, 4.69) is 15.6 Å². The maximum absolute atomic E-state index is 12.4. The average molecular weight is 419 g/mol. The molecule has 1 amide bonds. The summed E-state index contributed by atoms with van der Waals surface area (Å²) in [6, 6.07) is 14.2. The fourth-order valence-electron chi connectivity index (χ4n) is 2.30. The normalized spacial score (nSPS) is 11.5. The lowest BCUT2D eigenvalue weighted by Crippen LogP contribution is -2.21. The number of aryl methyl sites for hydroxylation is 1. The molecule has 1 N–H and O–H groups in total. The molecule has 3 rings (SSSR count). The molecule has 0 saturated carbocycles. The molecule has 28 heavy (non-hydrogen) atoms. The fraction of sp³-hybridized carbons (Fsp3) is 0.0556. The molecule has 1 aromatic heterocycles. The average Bonchev–Trinajstić information content (AvgIpc) is 3.02. The zero-order valence-electron chi connectivity index (χ0n) is 14.6. The van der Waals surface area contributed by atoms with E-state index >= 15 is 0 Å². The highest BCUT2D eigenvalue weighted by Gasteiger charge is 2.18. The molecule has 3 aromatic rings. The summed E-state index contributed by atoms with van der Waals surface area (Å²) in [5, 5.41) is 7.90. The van der Waals surface area contributed by atoms with Crippen LogP contribution in [0.15, 0.2) is 70.8 Å². The monoisotopic (exact) mass is 418 g/mol. The first kappa shape index (κ1) is 19.6. The Bertz CT molecular complexity index is 1110. The quantitative estimate of drug-likeness (QED) is 0.376. The Balaban J connectivity index is 1.77. The molecule has 8 nitrogen and oxygen atoms in total. The van der Waals surface area contributed by atoms with Crippen LogP contribution in [-0.2, 0) is 17.2 Å². The third kappa shape index (κ3) is 4.38. The number of benzene rings is 2. The number of nitrogens with one attached hydrogen (secondary N) is 1. The number of hydrazone groups is 1. The van der Waals surface area contributed by atoms with Gasteiger partial charge in [0.15, 0.2) is 5.75 Å². The van der Waals surface area contributed by atoms with Crippen LogP contribution < -0.4 is 9.61 Å². The van der Waals surface area contributed by atoms with E-state index < -0.39 is 16.0 Å². The molecule has 0 aliphatic heterocycles. The molecular formula is C18H15ClN4O4S. The highest BCUT2D eigenvalue weighted by molar-refractivity contribution is 7.87. The van der Waals surface area contributed by atoms with Gasteiger partial charge in [0.25, 0.3) is 5.91 Å². The molecule has 144 valence electrons. The van der Waals surface area contributed by atoms with E-state index in [0.29, 0.717) is 5.56 Å². The number of hydrogen-bond donors (Lipinski definition) is 1. The Hall–Kier alpha value is -3.17. The van der Waals surface area contributed by atoms with Crippen molar-refractivity contribution in [2.45, 2.75) is 4.90 Å². The van der Waals surface area contributed by atoms with Crippen LogP contribution in [0.2, 0.25) is 5.02 Å². The molecule has 0 fully saturated rings. The van der Waals surface area contributed by atoms with E-state index in [1.54, 1.807) is 43.4 Å². The van der Waals surface area contributed by atoms with Gasteiger partial charge in [-0.1, -0.05) is 41.9 Å². The second-order valence-electron chi connectivity index (χ2n) is 5.55. The first-order chi connectivity index (χ1) is 13.4. The first-order valence-electron chi connectivity index (χ1n) is 7.98. The van der Waals surface area contributed by atoms with Gasteiger partial charge in [0.2, 0.25) is 0 Å². The molecule has 0 unspecified atom stereocenters. The minimum atomic E-state index is -4.00. The summed E-state index contributed by atoms with van der Waals surface area (Å²) < 4.78 is 31.3. The zero-order valence-corrected chi connectivity index (χ0v) is 16.2. The Labute approximate surface area is 166 Å². The van der Waals surface area contributed by atoms with E-state index in [1.165, 1.54) is 35.3 Å². The summed E-state index contributed by atoms with van der Waals surface area (Å²) in [5.74, 6) is -0.487. The van der Waals surface area contributed by atoms with Crippen molar-refractivity contribution in [2.24, 2.45) is 12.1 Å². The van der Waals surface area contributed by atoms with E-state index in [9.17, 15) is 13.2 Å². The summed E-state index contributed by atoms with van der Waals surface area (Å²) in [7, 11) is -2.43. The van der Waals surface area contributed by atoms with Crippen molar-refractivity contribution in [1.29, 1.82) is 0 Å². The molecule has 2 aromatic carbocycles. The molecule has 10 heteroatoms. The van der Waals surface area contributed by atoms with E-state index in [4.69, 9.17) is 15.8 Å². The Morgan fingerprint density at radius 2 is 1.86 bits per heavy atom. The van der Waals surface area contributed by atoms with Gasteiger partial charge in [0.05, 0.1) is 17.4 Å². The van der Waals surface area contributed by atoms with Crippen LogP contribution in [0.25, 0.3) is 0 Å². The molecule has 0 radical (unpaired) electrons. The molecular weight excluding hydrogens is 404 g/mol. The SMILES string of the molecule is Cn1ncc(Cl)c1C(=O)NN=Cc1ccccc1OS(=O)(=O)c1ccccc1. The summed E-state index contributed by atoms with van der Waals surface area (Å²) in [4.78, 5) is 12.2. The van der Waals surface area contributed by atoms with Gasteiger partial charge >= 0.3 is 10.1 Å². The van der Waals surface area contributed by atoms with Gasteiger partial charge in [-0.05, 0) is 24.3 Å². The van der Waals surface area contributed by atoms with Crippen molar-refractivity contribution in [3.8, 4) is 5.75 Å². The molecule has 0 atom stereocenters. The summed E-state index contributed by atoms with van der Waals surface area (Å²) in [6.45, 7) is 0. The van der Waals surface area contributed by atoms with Gasteiger partial charge in [-0.3, -0.25) is 9.48 Å². The van der Waals surface area contributed by atoms with Gasteiger partial charge in [-0.25, -0.2) is 5.43 Å². The van der Waals surface area contributed by atoms with Crippen molar-refractivity contribution in [2.75, 3.05) is 0 Å². The van der Waals surface area contributed by atoms with Crippen molar-refractivity contribution in [3.05, 3.63) is 77.1 Å². The number of amides is 1. The van der Waals surface area contributed by atoms with E-state index in [1.807, 2.05) is 0 Å². The number of carbonyl (C=O) groups is 1. The van der Waals surface area contributed by atoms with Crippen molar-refractivity contribution in [3.63, 3.8) is 0 Å². The van der Waals surface area contributed by atoms with Gasteiger partial charge in [-0.15, -0.1) is 0 Å². The Kier molecular flexibility index (Phi) is 5.76. The van der Waals surface area contributed by atoms with Crippen molar-refractivity contribution >= 4 is 33.8 Å². The standard InChI is InChI=1S/C18H15ClN4O4S/c1-23-17(15(19)12-21-23)18(24)22-20-11-13-7-5-6-10-16(13)27-28(25,26)14-8-3-2-4-9-14/h2-12H,1H3,(H,22,24). The number of rotatable bonds is 6. The zero-order chi connectivity index (χ0) is 20.1.